The topological polar surface area (TPSA) is 69.6 Å². The number of urea groups is 1. The van der Waals surface area contributed by atoms with Crippen molar-refractivity contribution in [1.82, 2.24) is 4.90 Å². The number of rotatable bonds is 4. The summed E-state index contributed by atoms with van der Waals surface area (Å²) in [5.74, 6) is -0.768. The van der Waals surface area contributed by atoms with Crippen LogP contribution in [0.4, 0.5) is 10.5 Å². The molecule has 0 spiro atoms. The van der Waals surface area contributed by atoms with Gasteiger partial charge in [0.05, 0.1) is 11.3 Å². The maximum Gasteiger partial charge on any atom is 0.337 e. The molecule has 0 aliphatic rings. The van der Waals surface area contributed by atoms with Gasteiger partial charge in [0.25, 0.3) is 0 Å². The first-order valence-electron chi connectivity index (χ1n) is 6.30. The Hall–Kier alpha value is -1.56. The van der Waals surface area contributed by atoms with Crippen LogP contribution in [0.2, 0.25) is 0 Å². The minimum absolute atomic E-state index is 0.0540. The zero-order chi connectivity index (χ0) is 15.4. The van der Waals surface area contributed by atoms with E-state index >= 15 is 0 Å². The molecule has 0 aromatic heterocycles. The Morgan fingerprint density at radius 2 is 1.90 bits per heavy atom. The lowest BCUT2D eigenvalue weighted by molar-refractivity contribution is 0.0698. The van der Waals surface area contributed by atoms with Gasteiger partial charge < -0.3 is 15.3 Å². The third kappa shape index (κ3) is 3.96. The van der Waals surface area contributed by atoms with Crippen LogP contribution in [0.25, 0.3) is 0 Å². The van der Waals surface area contributed by atoms with Gasteiger partial charge in [0, 0.05) is 17.6 Å². The highest BCUT2D eigenvalue weighted by Crippen LogP contribution is 2.22. The van der Waals surface area contributed by atoms with Gasteiger partial charge in [-0.25, -0.2) is 9.59 Å². The molecule has 0 saturated carbocycles. The Morgan fingerprint density at radius 1 is 1.30 bits per heavy atom. The lowest BCUT2D eigenvalue weighted by Gasteiger charge is -2.28. The van der Waals surface area contributed by atoms with Crippen LogP contribution in [0.5, 0.6) is 0 Å². The number of carbonyl (C=O) groups is 2. The first-order valence-corrected chi connectivity index (χ1v) is 7.10. The van der Waals surface area contributed by atoms with E-state index in [0.29, 0.717) is 10.4 Å². The Morgan fingerprint density at radius 3 is 2.40 bits per heavy atom. The van der Waals surface area contributed by atoms with Gasteiger partial charge in [-0.05, 0) is 31.0 Å². The van der Waals surface area contributed by atoms with E-state index in [2.05, 4.69) is 21.2 Å². The smallest absolute Gasteiger partial charge is 0.337 e. The van der Waals surface area contributed by atoms with Gasteiger partial charge in [-0.3, -0.25) is 0 Å². The average molecular weight is 343 g/mol. The summed E-state index contributed by atoms with van der Waals surface area (Å²) in [6, 6.07) is 4.45. The van der Waals surface area contributed by atoms with Gasteiger partial charge in [-0.2, -0.15) is 0 Å². The number of nitrogens with one attached hydrogen (secondary N) is 1. The minimum Gasteiger partial charge on any atom is -0.478 e. The van der Waals surface area contributed by atoms with Crippen molar-refractivity contribution in [3.05, 3.63) is 28.2 Å². The summed E-state index contributed by atoms with van der Waals surface area (Å²) in [4.78, 5) is 24.9. The Kier molecular flexibility index (Phi) is 5.56. The fourth-order valence-corrected chi connectivity index (χ4v) is 2.00. The zero-order valence-electron chi connectivity index (χ0n) is 12.0. The van der Waals surface area contributed by atoms with Crippen LogP contribution in [-0.2, 0) is 0 Å². The van der Waals surface area contributed by atoms with Crippen molar-refractivity contribution in [2.24, 2.45) is 5.92 Å². The fraction of sp³-hybridized carbons (Fsp3) is 0.429. The zero-order valence-corrected chi connectivity index (χ0v) is 13.6. The van der Waals surface area contributed by atoms with Crippen LogP contribution in [0.3, 0.4) is 0 Å². The monoisotopic (exact) mass is 342 g/mol. The van der Waals surface area contributed by atoms with E-state index in [9.17, 15) is 9.59 Å². The van der Waals surface area contributed by atoms with Crippen LogP contribution >= 0.6 is 15.9 Å². The van der Waals surface area contributed by atoms with Gasteiger partial charge in [0.15, 0.2) is 0 Å². The summed E-state index contributed by atoms with van der Waals surface area (Å²) in [7, 11) is 1.69. The molecule has 1 unspecified atom stereocenters. The number of carbonyl (C=O) groups excluding carboxylic acids is 1. The number of nitrogens with zero attached hydrogens (tertiary/aromatic N) is 1. The number of amides is 2. The van der Waals surface area contributed by atoms with Crippen molar-refractivity contribution in [2.75, 3.05) is 12.4 Å². The highest BCUT2D eigenvalue weighted by atomic mass is 79.9. The predicted octanol–water partition coefficient (Wildman–Crippen LogP) is 3.66. The highest BCUT2D eigenvalue weighted by molar-refractivity contribution is 9.10. The lowest BCUT2D eigenvalue weighted by Crippen LogP contribution is -2.41. The van der Waals surface area contributed by atoms with Gasteiger partial charge in [-0.15, -0.1) is 0 Å². The van der Waals surface area contributed by atoms with Crippen molar-refractivity contribution in [3.63, 3.8) is 0 Å². The van der Waals surface area contributed by atoms with E-state index in [4.69, 9.17) is 5.11 Å². The molecule has 1 atom stereocenters. The molecule has 5 nitrogen and oxygen atoms in total. The van der Waals surface area contributed by atoms with E-state index in [1.165, 1.54) is 6.07 Å². The van der Waals surface area contributed by atoms with Crippen LogP contribution in [0.15, 0.2) is 22.7 Å². The minimum atomic E-state index is -1.08. The van der Waals surface area contributed by atoms with Gasteiger partial charge in [0.1, 0.15) is 0 Å². The molecule has 0 saturated heterocycles. The van der Waals surface area contributed by atoms with Gasteiger partial charge in [-0.1, -0.05) is 29.8 Å². The summed E-state index contributed by atoms with van der Waals surface area (Å²) in [5.41, 5.74) is 0.340. The van der Waals surface area contributed by atoms with E-state index in [-0.39, 0.29) is 23.3 Å². The molecule has 1 aromatic rings. The van der Waals surface area contributed by atoms with Crippen molar-refractivity contribution < 1.29 is 14.7 Å². The normalized spacial score (nSPS) is 12.1. The Balaban J connectivity index is 2.94. The lowest BCUT2D eigenvalue weighted by atomic mass is 10.1. The molecule has 20 heavy (non-hydrogen) atoms. The molecule has 0 heterocycles. The van der Waals surface area contributed by atoms with Gasteiger partial charge in [0.2, 0.25) is 0 Å². The first kappa shape index (κ1) is 16.5. The molecule has 0 bridgehead atoms. The van der Waals surface area contributed by atoms with Crippen molar-refractivity contribution in [3.8, 4) is 0 Å². The number of hydrogen-bond donors (Lipinski definition) is 2. The number of benzene rings is 1. The predicted molar refractivity (Wildman–Crippen MR) is 82.2 cm³/mol. The first-order chi connectivity index (χ1) is 9.23. The largest absolute Gasteiger partial charge is 0.478 e. The van der Waals surface area contributed by atoms with Gasteiger partial charge >= 0.3 is 12.0 Å². The molecule has 1 aromatic carbocycles. The molecule has 0 fully saturated rings. The second-order valence-corrected chi connectivity index (χ2v) is 5.94. The molecular weight excluding hydrogens is 324 g/mol. The van der Waals surface area contributed by atoms with E-state index in [0.717, 1.165) is 0 Å². The van der Waals surface area contributed by atoms with Crippen molar-refractivity contribution >= 4 is 33.6 Å². The summed E-state index contributed by atoms with van der Waals surface area (Å²) in [6.07, 6.45) is 0. The summed E-state index contributed by atoms with van der Waals surface area (Å²) in [5, 5.41) is 11.8. The maximum absolute atomic E-state index is 12.1. The molecule has 2 amide bonds. The second kappa shape index (κ2) is 6.74. The molecular formula is C14H19BrN2O3. The number of anilines is 1. The van der Waals surface area contributed by atoms with Crippen LogP contribution in [0.1, 0.15) is 31.1 Å². The highest BCUT2D eigenvalue weighted by Gasteiger charge is 2.20. The Bertz CT molecular complexity index is 517. The molecule has 0 radical (unpaired) electrons. The third-order valence-electron chi connectivity index (χ3n) is 3.35. The summed E-state index contributed by atoms with van der Waals surface area (Å²) < 4.78 is 0.650. The second-order valence-electron chi connectivity index (χ2n) is 5.02. The number of hydrogen-bond acceptors (Lipinski definition) is 2. The standard InChI is InChI=1S/C14H19BrN2O3/c1-8(2)9(3)17(4)14(20)16-12-6-5-10(15)7-11(12)13(18)19/h5-9H,1-4H3,(H,16,20)(H,18,19). The van der Waals surface area contributed by atoms with Crippen LogP contribution in [-0.4, -0.2) is 35.1 Å². The number of carboxylic acid groups (broad SMARTS) is 1. The number of halogens is 1. The van der Waals surface area contributed by atoms with Crippen LogP contribution < -0.4 is 5.32 Å². The molecule has 0 aliphatic heterocycles. The Labute approximate surface area is 127 Å². The third-order valence-corrected chi connectivity index (χ3v) is 3.84. The maximum atomic E-state index is 12.1. The molecule has 0 aliphatic carbocycles. The molecule has 110 valence electrons. The molecule has 6 heteroatoms. The van der Waals surface area contributed by atoms with Crippen molar-refractivity contribution in [1.29, 1.82) is 0 Å². The SMILES string of the molecule is CC(C)C(C)N(C)C(=O)Nc1ccc(Br)cc1C(=O)O. The number of aromatic carboxylic acids is 1. The van der Waals surface area contributed by atoms with E-state index in [1.807, 2.05) is 20.8 Å². The number of carboxylic acids is 1. The molecule has 1 rings (SSSR count). The van der Waals surface area contributed by atoms with E-state index < -0.39 is 5.97 Å². The summed E-state index contributed by atoms with van der Waals surface area (Å²) >= 11 is 3.22. The quantitative estimate of drug-likeness (QED) is 0.877. The average Bonchev–Trinajstić information content (AvgIpc) is 2.38. The summed E-state index contributed by atoms with van der Waals surface area (Å²) in [6.45, 7) is 6.00. The molecule has 2 N–H and O–H groups in total. The fourth-order valence-electron chi connectivity index (χ4n) is 1.64. The van der Waals surface area contributed by atoms with Crippen molar-refractivity contribution in [2.45, 2.75) is 26.8 Å². The van der Waals surface area contributed by atoms with E-state index in [1.54, 1.807) is 24.1 Å². The van der Waals surface area contributed by atoms with Crippen LogP contribution in [0, 0.1) is 5.92 Å².